The summed E-state index contributed by atoms with van der Waals surface area (Å²) < 4.78 is 0. The minimum atomic E-state index is 0.0323. The molecule has 4 heteroatoms. The van der Waals surface area contributed by atoms with E-state index in [1.54, 1.807) is 0 Å². The van der Waals surface area contributed by atoms with Crippen LogP contribution in [0.4, 0.5) is 5.69 Å². The van der Waals surface area contributed by atoms with Crippen LogP contribution in [0.15, 0.2) is 48.5 Å². The van der Waals surface area contributed by atoms with Gasteiger partial charge in [0, 0.05) is 50.0 Å². The van der Waals surface area contributed by atoms with E-state index in [9.17, 15) is 4.79 Å². The number of hydrogen-bond acceptors (Lipinski definition) is 3. The van der Waals surface area contributed by atoms with Crippen LogP contribution in [0.5, 0.6) is 0 Å². The van der Waals surface area contributed by atoms with Crippen LogP contribution in [-0.2, 0) is 0 Å². The highest BCUT2D eigenvalue weighted by atomic mass is 16.1. The highest BCUT2D eigenvalue weighted by Gasteiger charge is 2.18. The maximum absolute atomic E-state index is 12.4. The predicted molar refractivity (Wildman–Crippen MR) is 113 cm³/mol. The number of nitrogens with one attached hydrogen (secondary N) is 1. The number of carbonyl (C=O) groups excluding carboxylic acids is 1. The van der Waals surface area contributed by atoms with Crippen molar-refractivity contribution in [1.82, 2.24) is 10.2 Å². The van der Waals surface area contributed by atoms with Crippen LogP contribution in [0.2, 0.25) is 0 Å². The Hall–Kier alpha value is -2.33. The van der Waals surface area contributed by atoms with Gasteiger partial charge in [-0.05, 0) is 56.5 Å². The third-order valence-corrected chi connectivity index (χ3v) is 5.38. The summed E-state index contributed by atoms with van der Waals surface area (Å²) in [5.41, 5.74) is 4.44. The van der Waals surface area contributed by atoms with Gasteiger partial charge in [0.25, 0.3) is 5.91 Å². The lowest BCUT2D eigenvalue weighted by molar-refractivity contribution is 0.0934. The molecule has 0 saturated carbocycles. The molecule has 0 spiro atoms. The number of piperazine rings is 1. The van der Waals surface area contributed by atoms with Gasteiger partial charge in [-0.25, -0.2) is 0 Å². The number of nitrogens with zero attached hydrogens (tertiary/aromatic N) is 2. The molecule has 0 aromatic heterocycles. The Morgan fingerprint density at radius 1 is 1.04 bits per heavy atom. The maximum Gasteiger partial charge on any atom is 0.251 e. The van der Waals surface area contributed by atoms with Crippen molar-refractivity contribution >= 4 is 11.6 Å². The molecule has 1 unspecified atom stereocenters. The average Bonchev–Trinajstić information content (AvgIpc) is 2.67. The fourth-order valence-electron chi connectivity index (χ4n) is 3.63. The summed E-state index contributed by atoms with van der Waals surface area (Å²) in [6.45, 7) is 11.5. The van der Waals surface area contributed by atoms with Gasteiger partial charge in [-0.1, -0.05) is 30.3 Å². The van der Waals surface area contributed by atoms with Crippen LogP contribution in [0, 0.1) is 13.8 Å². The van der Waals surface area contributed by atoms with Gasteiger partial charge >= 0.3 is 0 Å². The molecule has 1 saturated heterocycles. The molecule has 144 valence electrons. The average molecular weight is 366 g/mol. The molecule has 3 rings (SSSR count). The molecule has 0 radical (unpaired) electrons. The van der Waals surface area contributed by atoms with Crippen molar-refractivity contribution in [1.29, 1.82) is 0 Å². The Morgan fingerprint density at radius 3 is 2.48 bits per heavy atom. The maximum atomic E-state index is 12.4. The van der Waals surface area contributed by atoms with E-state index >= 15 is 0 Å². The minimum Gasteiger partial charge on any atom is -0.369 e. The summed E-state index contributed by atoms with van der Waals surface area (Å²) in [5, 5.41) is 3.14. The first-order valence-electron chi connectivity index (χ1n) is 9.93. The molecular formula is C23H31N3O. The Labute approximate surface area is 163 Å². The SMILES string of the molecule is Cc1cccc(N2CCN(CCC(C)NC(=O)c3ccccc3C)CC2)c1. The summed E-state index contributed by atoms with van der Waals surface area (Å²) in [4.78, 5) is 17.4. The molecule has 0 bridgehead atoms. The molecule has 1 fully saturated rings. The monoisotopic (exact) mass is 365 g/mol. The van der Waals surface area contributed by atoms with E-state index in [1.165, 1.54) is 11.3 Å². The largest absolute Gasteiger partial charge is 0.369 e. The quantitative estimate of drug-likeness (QED) is 0.849. The molecule has 4 nitrogen and oxygen atoms in total. The van der Waals surface area contributed by atoms with Crippen molar-refractivity contribution in [2.75, 3.05) is 37.6 Å². The molecule has 27 heavy (non-hydrogen) atoms. The minimum absolute atomic E-state index is 0.0323. The third-order valence-electron chi connectivity index (χ3n) is 5.38. The first-order chi connectivity index (χ1) is 13.0. The fourth-order valence-corrected chi connectivity index (χ4v) is 3.63. The zero-order valence-electron chi connectivity index (χ0n) is 16.7. The van der Waals surface area contributed by atoms with E-state index in [-0.39, 0.29) is 11.9 Å². The number of anilines is 1. The number of rotatable bonds is 6. The summed E-state index contributed by atoms with van der Waals surface area (Å²) in [7, 11) is 0. The summed E-state index contributed by atoms with van der Waals surface area (Å²) in [6.07, 6.45) is 0.974. The van der Waals surface area contributed by atoms with E-state index < -0.39 is 0 Å². The van der Waals surface area contributed by atoms with Gasteiger partial charge in [-0.3, -0.25) is 9.69 Å². The molecule has 1 amide bonds. The zero-order chi connectivity index (χ0) is 19.2. The van der Waals surface area contributed by atoms with Crippen molar-refractivity contribution in [3.63, 3.8) is 0 Å². The van der Waals surface area contributed by atoms with E-state index in [0.717, 1.165) is 50.3 Å². The van der Waals surface area contributed by atoms with Crippen LogP contribution < -0.4 is 10.2 Å². The molecule has 1 aliphatic heterocycles. The molecule has 1 atom stereocenters. The van der Waals surface area contributed by atoms with E-state index in [4.69, 9.17) is 0 Å². The highest BCUT2D eigenvalue weighted by Crippen LogP contribution is 2.18. The lowest BCUT2D eigenvalue weighted by atomic mass is 10.1. The van der Waals surface area contributed by atoms with Crippen LogP contribution in [0.25, 0.3) is 0 Å². The van der Waals surface area contributed by atoms with Gasteiger partial charge in [0.05, 0.1) is 0 Å². The van der Waals surface area contributed by atoms with Gasteiger partial charge in [-0.15, -0.1) is 0 Å². The van der Waals surface area contributed by atoms with Crippen molar-refractivity contribution in [2.45, 2.75) is 33.2 Å². The Kier molecular flexibility index (Phi) is 6.51. The van der Waals surface area contributed by atoms with Crippen LogP contribution >= 0.6 is 0 Å². The van der Waals surface area contributed by atoms with Crippen molar-refractivity contribution < 1.29 is 4.79 Å². The summed E-state index contributed by atoms with van der Waals surface area (Å²) in [6, 6.07) is 16.7. The van der Waals surface area contributed by atoms with Crippen LogP contribution in [0.3, 0.4) is 0 Å². The van der Waals surface area contributed by atoms with Crippen molar-refractivity contribution in [3.05, 3.63) is 65.2 Å². The molecule has 2 aromatic carbocycles. The first-order valence-corrected chi connectivity index (χ1v) is 9.93. The van der Waals surface area contributed by atoms with Gasteiger partial charge in [-0.2, -0.15) is 0 Å². The second kappa shape index (κ2) is 9.05. The van der Waals surface area contributed by atoms with Crippen LogP contribution in [0.1, 0.15) is 34.8 Å². The van der Waals surface area contributed by atoms with E-state index in [0.29, 0.717) is 0 Å². The van der Waals surface area contributed by atoms with Gasteiger partial charge < -0.3 is 10.2 Å². The lowest BCUT2D eigenvalue weighted by Gasteiger charge is -2.36. The standard InChI is InChI=1S/C23H31N3O/c1-18-7-6-9-21(17-18)26-15-13-25(14-16-26)12-11-20(3)24-23(27)22-10-5-4-8-19(22)2/h4-10,17,20H,11-16H2,1-3H3,(H,24,27). The molecule has 1 N–H and O–H groups in total. The second-order valence-electron chi connectivity index (χ2n) is 7.65. The van der Waals surface area contributed by atoms with Crippen molar-refractivity contribution in [3.8, 4) is 0 Å². The summed E-state index contributed by atoms with van der Waals surface area (Å²) in [5.74, 6) is 0.0323. The smallest absolute Gasteiger partial charge is 0.251 e. The number of amides is 1. The number of benzene rings is 2. The van der Waals surface area contributed by atoms with E-state index in [2.05, 4.69) is 53.2 Å². The Bertz CT molecular complexity index is 766. The van der Waals surface area contributed by atoms with Crippen molar-refractivity contribution in [2.24, 2.45) is 0 Å². The number of aryl methyl sites for hydroxylation is 2. The number of carbonyl (C=O) groups is 1. The zero-order valence-corrected chi connectivity index (χ0v) is 16.7. The normalized spacial score (nSPS) is 16.2. The molecule has 0 aliphatic carbocycles. The highest BCUT2D eigenvalue weighted by molar-refractivity contribution is 5.95. The molecule has 1 aliphatic rings. The fraction of sp³-hybridized carbons (Fsp3) is 0.435. The Morgan fingerprint density at radius 2 is 1.78 bits per heavy atom. The first kappa shape index (κ1) is 19.4. The van der Waals surface area contributed by atoms with Gasteiger partial charge in [0.1, 0.15) is 0 Å². The predicted octanol–water partition coefficient (Wildman–Crippen LogP) is 3.63. The molecule has 2 aromatic rings. The molecular weight excluding hydrogens is 334 g/mol. The second-order valence-corrected chi connectivity index (χ2v) is 7.65. The lowest BCUT2D eigenvalue weighted by Crippen LogP contribution is -2.47. The third kappa shape index (κ3) is 5.33. The summed E-state index contributed by atoms with van der Waals surface area (Å²) >= 11 is 0. The number of hydrogen-bond donors (Lipinski definition) is 1. The topological polar surface area (TPSA) is 35.6 Å². The van der Waals surface area contributed by atoms with Gasteiger partial charge in [0.15, 0.2) is 0 Å². The van der Waals surface area contributed by atoms with Gasteiger partial charge in [0.2, 0.25) is 0 Å². The van der Waals surface area contributed by atoms with E-state index in [1.807, 2.05) is 31.2 Å². The Balaban J connectivity index is 1.42. The molecule has 1 heterocycles. The van der Waals surface area contributed by atoms with Crippen LogP contribution in [-0.4, -0.2) is 49.6 Å².